The minimum Gasteiger partial charge on any atom is -0.271 e. The van der Waals surface area contributed by atoms with E-state index in [0.717, 1.165) is 10.7 Å². The molecule has 0 N–H and O–H groups in total. The van der Waals surface area contributed by atoms with Gasteiger partial charge < -0.3 is 0 Å². The second-order valence-corrected chi connectivity index (χ2v) is 5.97. The average Bonchev–Trinajstić information content (AvgIpc) is 3.09. The van der Waals surface area contributed by atoms with Crippen molar-refractivity contribution in [2.24, 2.45) is 0 Å². The van der Waals surface area contributed by atoms with Crippen LogP contribution in [-0.4, -0.2) is 14.6 Å². The molecule has 0 atom stereocenters. The molecule has 0 aliphatic carbocycles. The molecule has 0 bridgehead atoms. The fourth-order valence-corrected chi connectivity index (χ4v) is 3.54. The highest BCUT2D eigenvalue weighted by molar-refractivity contribution is 7.20. The van der Waals surface area contributed by atoms with Gasteiger partial charge in [-0.3, -0.25) is 4.40 Å². The summed E-state index contributed by atoms with van der Waals surface area (Å²) in [6.07, 6.45) is 1.78. The van der Waals surface area contributed by atoms with Gasteiger partial charge in [0.1, 0.15) is 6.33 Å². The lowest BCUT2D eigenvalue weighted by atomic mass is 10.1. The van der Waals surface area contributed by atoms with Crippen LogP contribution in [0.3, 0.4) is 0 Å². The summed E-state index contributed by atoms with van der Waals surface area (Å²) in [5.41, 5.74) is 4.82. The standard InChI is InChI=1S/C17H13N3S/c1-12-7-9-14(10-8-12)16-15(13-5-3-2-4-6-13)20-11-18-19-17(20)21-16/h2-11H,1H3. The van der Waals surface area contributed by atoms with Crippen molar-refractivity contribution < 1.29 is 0 Å². The summed E-state index contributed by atoms with van der Waals surface area (Å²) in [4.78, 5) is 2.15. The van der Waals surface area contributed by atoms with Crippen molar-refractivity contribution in [3.05, 3.63) is 66.5 Å². The molecule has 4 rings (SSSR count). The van der Waals surface area contributed by atoms with Crippen molar-refractivity contribution >= 4 is 16.3 Å². The molecule has 4 aromatic rings. The average molecular weight is 291 g/mol. The van der Waals surface area contributed by atoms with Crippen molar-refractivity contribution in [3.63, 3.8) is 0 Å². The molecule has 0 amide bonds. The smallest absolute Gasteiger partial charge is 0.217 e. The van der Waals surface area contributed by atoms with E-state index in [1.807, 2.05) is 6.07 Å². The van der Waals surface area contributed by atoms with E-state index in [1.165, 1.54) is 21.6 Å². The van der Waals surface area contributed by atoms with Crippen molar-refractivity contribution in [2.45, 2.75) is 6.92 Å². The van der Waals surface area contributed by atoms with E-state index in [0.29, 0.717) is 0 Å². The highest BCUT2D eigenvalue weighted by Gasteiger charge is 2.16. The molecule has 2 heterocycles. The summed E-state index contributed by atoms with van der Waals surface area (Å²) >= 11 is 1.67. The van der Waals surface area contributed by atoms with Crippen LogP contribution in [0.5, 0.6) is 0 Å². The first-order valence-electron chi connectivity index (χ1n) is 6.78. The van der Waals surface area contributed by atoms with Crippen LogP contribution in [0.1, 0.15) is 5.56 Å². The first-order chi connectivity index (χ1) is 10.3. The van der Waals surface area contributed by atoms with Gasteiger partial charge in [-0.25, -0.2) is 0 Å². The third kappa shape index (κ3) is 2.04. The highest BCUT2D eigenvalue weighted by atomic mass is 32.1. The van der Waals surface area contributed by atoms with Gasteiger partial charge in [0.25, 0.3) is 0 Å². The first kappa shape index (κ1) is 12.3. The van der Waals surface area contributed by atoms with Gasteiger partial charge in [-0.2, -0.15) is 0 Å². The molecular weight excluding hydrogens is 278 g/mol. The van der Waals surface area contributed by atoms with E-state index in [9.17, 15) is 0 Å². The maximum atomic E-state index is 4.20. The Bertz CT molecular complexity index is 889. The normalized spacial score (nSPS) is 11.1. The summed E-state index contributed by atoms with van der Waals surface area (Å²) < 4.78 is 2.06. The molecule has 4 heteroatoms. The number of nitrogens with zero attached hydrogens (tertiary/aromatic N) is 3. The molecule has 0 spiro atoms. The van der Waals surface area contributed by atoms with Crippen LogP contribution in [0.25, 0.3) is 26.7 Å². The van der Waals surface area contributed by atoms with Gasteiger partial charge >= 0.3 is 0 Å². The molecule has 0 saturated carbocycles. The molecule has 21 heavy (non-hydrogen) atoms. The number of hydrogen-bond acceptors (Lipinski definition) is 3. The SMILES string of the molecule is Cc1ccc(-c2sc3nncn3c2-c2ccccc2)cc1. The molecular formula is C17H13N3S. The molecule has 2 aromatic heterocycles. The Morgan fingerprint density at radius 1 is 0.905 bits per heavy atom. The van der Waals surface area contributed by atoms with Crippen LogP contribution in [0, 0.1) is 6.92 Å². The third-order valence-electron chi connectivity index (χ3n) is 3.53. The number of rotatable bonds is 2. The summed E-state index contributed by atoms with van der Waals surface area (Å²) in [5, 5.41) is 8.22. The van der Waals surface area contributed by atoms with E-state index in [1.54, 1.807) is 17.7 Å². The lowest BCUT2D eigenvalue weighted by Crippen LogP contribution is -1.87. The zero-order valence-electron chi connectivity index (χ0n) is 11.5. The maximum absolute atomic E-state index is 4.20. The topological polar surface area (TPSA) is 30.2 Å². The van der Waals surface area contributed by atoms with Crippen LogP contribution in [-0.2, 0) is 0 Å². The van der Waals surface area contributed by atoms with Crippen LogP contribution >= 0.6 is 11.3 Å². The fraction of sp³-hybridized carbons (Fsp3) is 0.0588. The Balaban J connectivity index is 2.01. The molecule has 102 valence electrons. The fourth-order valence-electron chi connectivity index (χ4n) is 2.46. The number of hydrogen-bond donors (Lipinski definition) is 0. The van der Waals surface area contributed by atoms with Crippen LogP contribution in [0.4, 0.5) is 0 Å². The molecule has 2 aromatic carbocycles. The van der Waals surface area contributed by atoms with Gasteiger partial charge in [0.2, 0.25) is 4.96 Å². The summed E-state index contributed by atoms with van der Waals surface area (Å²) in [7, 11) is 0. The van der Waals surface area contributed by atoms with Gasteiger partial charge in [-0.15, -0.1) is 10.2 Å². The van der Waals surface area contributed by atoms with Crippen LogP contribution < -0.4 is 0 Å². The second-order valence-electron chi connectivity index (χ2n) is 5.00. The molecule has 0 fully saturated rings. The summed E-state index contributed by atoms with van der Waals surface area (Å²) in [6, 6.07) is 19.0. The van der Waals surface area contributed by atoms with Gasteiger partial charge in [0.15, 0.2) is 0 Å². The van der Waals surface area contributed by atoms with Crippen molar-refractivity contribution in [1.29, 1.82) is 0 Å². The van der Waals surface area contributed by atoms with E-state index in [-0.39, 0.29) is 0 Å². The predicted octanol–water partition coefficient (Wildman–Crippen LogP) is 4.43. The largest absolute Gasteiger partial charge is 0.271 e. The van der Waals surface area contributed by atoms with Crippen LogP contribution in [0.2, 0.25) is 0 Å². The molecule has 0 aliphatic rings. The van der Waals surface area contributed by atoms with Crippen molar-refractivity contribution in [3.8, 4) is 21.7 Å². The first-order valence-corrected chi connectivity index (χ1v) is 7.59. The molecule has 0 unspecified atom stereocenters. The maximum Gasteiger partial charge on any atom is 0.217 e. The summed E-state index contributed by atoms with van der Waals surface area (Å²) in [6.45, 7) is 2.10. The lowest BCUT2D eigenvalue weighted by molar-refractivity contribution is 1.10. The Morgan fingerprint density at radius 2 is 1.67 bits per heavy atom. The third-order valence-corrected chi connectivity index (χ3v) is 4.62. The Morgan fingerprint density at radius 3 is 2.43 bits per heavy atom. The highest BCUT2D eigenvalue weighted by Crippen LogP contribution is 2.38. The zero-order valence-corrected chi connectivity index (χ0v) is 12.3. The quantitative estimate of drug-likeness (QED) is 0.547. The number of aryl methyl sites for hydroxylation is 1. The molecule has 0 aliphatic heterocycles. The molecule has 3 nitrogen and oxygen atoms in total. The van der Waals surface area contributed by atoms with E-state index in [2.05, 4.69) is 70.1 Å². The van der Waals surface area contributed by atoms with Gasteiger partial charge in [0, 0.05) is 5.56 Å². The van der Waals surface area contributed by atoms with Crippen LogP contribution in [0.15, 0.2) is 60.9 Å². The number of aromatic nitrogens is 3. The van der Waals surface area contributed by atoms with Gasteiger partial charge in [-0.1, -0.05) is 71.5 Å². The number of thiazole rings is 1. The number of fused-ring (bicyclic) bond motifs is 1. The van der Waals surface area contributed by atoms with E-state index >= 15 is 0 Å². The lowest BCUT2D eigenvalue weighted by Gasteiger charge is -2.05. The van der Waals surface area contributed by atoms with Crippen molar-refractivity contribution in [1.82, 2.24) is 14.6 Å². The molecule has 0 radical (unpaired) electrons. The summed E-state index contributed by atoms with van der Waals surface area (Å²) in [5.74, 6) is 0. The Kier molecular flexibility index (Phi) is 2.82. The van der Waals surface area contributed by atoms with Gasteiger partial charge in [-0.05, 0) is 12.5 Å². The Hall–Kier alpha value is -2.46. The second kappa shape index (κ2) is 4.82. The number of benzene rings is 2. The monoisotopic (exact) mass is 291 g/mol. The minimum absolute atomic E-state index is 0.921. The van der Waals surface area contributed by atoms with E-state index < -0.39 is 0 Å². The zero-order chi connectivity index (χ0) is 14.2. The molecule has 0 saturated heterocycles. The van der Waals surface area contributed by atoms with E-state index in [4.69, 9.17) is 0 Å². The predicted molar refractivity (Wildman–Crippen MR) is 86.5 cm³/mol. The van der Waals surface area contributed by atoms with Gasteiger partial charge in [0.05, 0.1) is 10.6 Å². The minimum atomic E-state index is 0.921. The Labute approximate surface area is 126 Å². The van der Waals surface area contributed by atoms with Crippen molar-refractivity contribution in [2.75, 3.05) is 0 Å².